The van der Waals surface area contributed by atoms with Crippen LogP contribution in [0, 0.1) is 5.92 Å². The molecule has 4 rings (SSSR count). The van der Waals surface area contributed by atoms with Crippen LogP contribution in [0.25, 0.3) is 0 Å². The van der Waals surface area contributed by atoms with E-state index >= 15 is 0 Å². The highest BCUT2D eigenvalue weighted by Gasteiger charge is 2.40. The number of carbonyl (C=O) groups is 4. The second kappa shape index (κ2) is 10.1. The molecule has 1 aromatic rings. The molecular weight excluding hydrogens is 410 g/mol. The van der Waals surface area contributed by atoms with Gasteiger partial charge in [-0.25, -0.2) is 0 Å². The summed E-state index contributed by atoms with van der Waals surface area (Å²) in [7, 11) is 0. The molecule has 0 radical (unpaired) electrons. The van der Waals surface area contributed by atoms with Gasteiger partial charge in [0.2, 0.25) is 17.7 Å². The topological polar surface area (TPSA) is 112 Å². The Kier molecular flexibility index (Phi) is 7.02. The minimum absolute atomic E-state index is 0.00794. The van der Waals surface area contributed by atoms with Gasteiger partial charge >= 0.3 is 0 Å². The van der Waals surface area contributed by atoms with Crippen LogP contribution in [0.15, 0.2) is 24.5 Å². The van der Waals surface area contributed by atoms with E-state index in [0.29, 0.717) is 31.6 Å². The molecule has 0 unspecified atom stereocenters. The van der Waals surface area contributed by atoms with Gasteiger partial charge in [0.15, 0.2) is 0 Å². The molecule has 2 aliphatic heterocycles. The highest BCUT2D eigenvalue weighted by molar-refractivity contribution is 5.96. The molecule has 32 heavy (non-hydrogen) atoms. The van der Waals surface area contributed by atoms with Crippen molar-refractivity contribution in [1.29, 1.82) is 0 Å². The first-order chi connectivity index (χ1) is 15.5. The summed E-state index contributed by atoms with van der Waals surface area (Å²) in [6, 6.07) is 1.97. The first kappa shape index (κ1) is 22.2. The number of piperazine rings is 1. The molecule has 0 aromatic carbocycles. The number of amides is 4. The summed E-state index contributed by atoms with van der Waals surface area (Å²) in [5.41, 5.74) is 0.449. The highest BCUT2D eigenvalue weighted by Crippen LogP contribution is 2.27. The lowest BCUT2D eigenvalue weighted by molar-refractivity contribution is -0.148. The number of nitrogens with zero attached hydrogens (tertiary/aromatic N) is 3. The summed E-state index contributed by atoms with van der Waals surface area (Å²) in [5, 5.41) is 5.60. The van der Waals surface area contributed by atoms with E-state index in [-0.39, 0.29) is 36.1 Å². The van der Waals surface area contributed by atoms with E-state index in [2.05, 4.69) is 15.6 Å². The lowest BCUT2D eigenvalue weighted by Crippen LogP contribution is -2.64. The van der Waals surface area contributed by atoms with E-state index in [1.54, 1.807) is 28.1 Å². The van der Waals surface area contributed by atoms with Gasteiger partial charge in [0, 0.05) is 37.9 Å². The quantitative estimate of drug-likeness (QED) is 0.715. The average molecular weight is 442 g/mol. The first-order valence-electron chi connectivity index (χ1n) is 11.6. The Morgan fingerprint density at radius 3 is 2.59 bits per heavy atom. The van der Waals surface area contributed by atoms with Crippen LogP contribution < -0.4 is 10.6 Å². The molecule has 1 aliphatic carbocycles. The maximum absolute atomic E-state index is 13.3. The molecule has 9 heteroatoms. The van der Waals surface area contributed by atoms with Crippen molar-refractivity contribution in [3.05, 3.63) is 30.1 Å². The van der Waals surface area contributed by atoms with Crippen molar-refractivity contribution in [3.63, 3.8) is 0 Å². The third-order valence-corrected chi connectivity index (χ3v) is 6.72. The Balaban J connectivity index is 1.51. The second-order valence-corrected chi connectivity index (χ2v) is 8.87. The van der Waals surface area contributed by atoms with Gasteiger partial charge in [-0.2, -0.15) is 0 Å². The lowest BCUT2D eigenvalue weighted by atomic mass is 9.87. The zero-order chi connectivity index (χ0) is 22.5. The predicted molar refractivity (Wildman–Crippen MR) is 116 cm³/mol. The fourth-order valence-electron chi connectivity index (χ4n) is 4.89. The summed E-state index contributed by atoms with van der Waals surface area (Å²) < 4.78 is 0. The number of hydrogen-bond donors (Lipinski definition) is 2. The van der Waals surface area contributed by atoms with Gasteiger partial charge in [0.1, 0.15) is 12.1 Å². The minimum Gasteiger partial charge on any atom is -0.354 e. The normalized spacial score (nSPS) is 24.6. The average Bonchev–Trinajstić information content (AvgIpc) is 2.85. The van der Waals surface area contributed by atoms with Gasteiger partial charge in [-0.15, -0.1) is 0 Å². The SMILES string of the molecule is O=C(N[C@@H]1CCCNC1=O)[C@H]1CN(C(=O)c2cccnc2)CCN1C(=O)C1CCCCC1. The molecule has 2 saturated heterocycles. The zero-order valence-corrected chi connectivity index (χ0v) is 18.3. The highest BCUT2D eigenvalue weighted by atomic mass is 16.2. The molecule has 0 bridgehead atoms. The molecule has 2 atom stereocenters. The fraction of sp³-hybridized carbons (Fsp3) is 0.609. The molecular formula is C23H31N5O4. The third kappa shape index (κ3) is 4.92. The first-order valence-corrected chi connectivity index (χ1v) is 11.6. The largest absolute Gasteiger partial charge is 0.354 e. The number of pyridine rings is 1. The molecule has 9 nitrogen and oxygen atoms in total. The maximum atomic E-state index is 13.3. The van der Waals surface area contributed by atoms with Crippen LogP contribution in [0.5, 0.6) is 0 Å². The maximum Gasteiger partial charge on any atom is 0.255 e. The van der Waals surface area contributed by atoms with Crippen molar-refractivity contribution in [1.82, 2.24) is 25.4 Å². The third-order valence-electron chi connectivity index (χ3n) is 6.72. The molecule has 1 saturated carbocycles. The fourth-order valence-corrected chi connectivity index (χ4v) is 4.89. The standard InChI is InChI=1S/C23H31N5O4/c29-20-18(9-5-11-25-20)26-21(30)19-15-27(22(31)17-8-4-10-24-14-17)12-13-28(19)23(32)16-6-2-1-3-7-16/h4,8,10,14,16,18-19H,1-3,5-7,9,11-13,15H2,(H,25,29)(H,26,30)/t18-,19-/m1/s1. The van der Waals surface area contributed by atoms with Gasteiger partial charge in [0.25, 0.3) is 5.91 Å². The zero-order valence-electron chi connectivity index (χ0n) is 18.3. The molecule has 3 heterocycles. The molecule has 4 amide bonds. The summed E-state index contributed by atoms with van der Waals surface area (Å²) in [6.45, 7) is 1.37. The van der Waals surface area contributed by atoms with Crippen molar-refractivity contribution in [2.24, 2.45) is 5.92 Å². The summed E-state index contributed by atoms with van der Waals surface area (Å²) in [4.78, 5) is 59.0. The van der Waals surface area contributed by atoms with Gasteiger partial charge in [-0.1, -0.05) is 19.3 Å². The van der Waals surface area contributed by atoms with Gasteiger partial charge in [-0.3, -0.25) is 24.2 Å². The summed E-state index contributed by atoms with van der Waals surface area (Å²) >= 11 is 0. The van der Waals surface area contributed by atoms with Crippen molar-refractivity contribution in [2.75, 3.05) is 26.2 Å². The molecule has 0 spiro atoms. The van der Waals surface area contributed by atoms with E-state index in [1.165, 1.54) is 6.20 Å². The van der Waals surface area contributed by atoms with E-state index in [1.807, 2.05) is 0 Å². The Morgan fingerprint density at radius 2 is 1.88 bits per heavy atom. The van der Waals surface area contributed by atoms with E-state index in [4.69, 9.17) is 0 Å². The second-order valence-electron chi connectivity index (χ2n) is 8.87. The molecule has 2 N–H and O–H groups in total. The van der Waals surface area contributed by atoms with Gasteiger partial charge in [0.05, 0.1) is 12.1 Å². The number of rotatable bonds is 4. The Hall–Kier alpha value is -2.97. The van der Waals surface area contributed by atoms with Crippen LogP contribution in [-0.2, 0) is 14.4 Å². The van der Waals surface area contributed by atoms with Crippen LogP contribution >= 0.6 is 0 Å². The Morgan fingerprint density at radius 1 is 1.06 bits per heavy atom. The lowest BCUT2D eigenvalue weighted by Gasteiger charge is -2.42. The van der Waals surface area contributed by atoms with E-state index in [9.17, 15) is 19.2 Å². The van der Waals surface area contributed by atoms with Crippen molar-refractivity contribution >= 4 is 23.6 Å². The van der Waals surface area contributed by atoms with Crippen molar-refractivity contribution < 1.29 is 19.2 Å². The number of carbonyl (C=O) groups excluding carboxylic acids is 4. The molecule has 172 valence electrons. The minimum atomic E-state index is -0.812. The van der Waals surface area contributed by atoms with Crippen molar-refractivity contribution in [3.8, 4) is 0 Å². The van der Waals surface area contributed by atoms with Crippen LogP contribution in [0.1, 0.15) is 55.3 Å². The Labute approximate surface area is 187 Å². The smallest absolute Gasteiger partial charge is 0.255 e. The summed E-state index contributed by atoms with van der Waals surface area (Å²) in [5.74, 6) is -0.867. The monoisotopic (exact) mass is 441 g/mol. The van der Waals surface area contributed by atoms with Crippen molar-refractivity contribution in [2.45, 2.75) is 57.0 Å². The van der Waals surface area contributed by atoms with Crippen LogP contribution in [0.3, 0.4) is 0 Å². The van der Waals surface area contributed by atoms with E-state index in [0.717, 1.165) is 38.5 Å². The predicted octanol–water partition coefficient (Wildman–Crippen LogP) is 0.710. The number of hydrogen-bond acceptors (Lipinski definition) is 5. The van der Waals surface area contributed by atoms with Crippen LogP contribution in [-0.4, -0.2) is 76.7 Å². The van der Waals surface area contributed by atoms with Crippen LogP contribution in [0.4, 0.5) is 0 Å². The van der Waals surface area contributed by atoms with E-state index < -0.39 is 12.1 Å². The number of piperidine rings is 1. The Bertz CT molecular complexity index is 855. The van der Waals surface area contributed by atoms with Crippen LogP contribution in [0.2, 0.25) is 0 Å². The van der Waals surface area contributed by atoms with Gasteiger partial charge in [-0.05, 0) is 37.8 Å². The number of nitrogens with one attached hydrogen (secondary N) is 2. The molecule has 3 fully saturated rings. The van der Waals surface area contributed by atoms with Gasteiger partial charge < -0.3 is 20.4 Å². The molecule has 1 aromatic heterocycles. The summed E-state index contributed by atoms with van der Waals surface area (Å²) in [6.07, 6.45) is 9.32. The number of aromatic nitrogens is 1. The molecule has 3 aliphatic rings.